The zero-order chi connectivity index (χ0) is 14.7. The summed E-state index contributed by atoms with van der Waals surface area (Å²) in [5, 5.41) is 2.78. The van der Waals surface area contributed by atoms with Crippen molar-refractivity contribution in [3.05, 3.63) is 29.8 Å². The Morgan fingerprint density at radius 2 is 2.10 bits per heavy atom. The number of carbonyl (C=O) groups is 2. The molecule has 1 saturated heterocycles. The molecule has 5 heteroatoms. The Kier molecular flexibility index (Phi) is 4.39. The van der Waals surface area contributed by atoms with Crippen LogP contribution in [-0.4, -0.2) is 30.9 Å². The lowest BCUT2D eigenvalue weighted by Gasteiger charge is -2.18. The van der Waals surface area contributed by atoms with E-state index in [2.05, 4.69) is 5.32 Å². The van der Waals surface area contributed by atoms with E-state index in [1.54, 1.807) is 11.8 Å². The van der Waals surface area contributed by atoms with Crippen molar-refractivity contribution in [3.63, 3.8) is 0 Å². The minimum Gasteiger partial charge on any atom is -0.344 e. The van der Waals surface area contributed by atoms with Crippen molar-refractivity contribution in [1.82, 2.24) is 5.32 Å². The van der Waals surface area contributed by atoms with Crippen molar-refractivity contribution in [3.8, 4) is 0 Å². The topological polar surface area (TPSA) is 75.4 Å². The van der Waals surface area contributed by atoms with Crippen molar-refractivity contribution in [2.75, 3.05) is 18.0 Å². The summed E-state index contributed by atoms with van der Waals surface area (Å²) < 4.78 is 0. The fourth-order valence-corrected chi connectivity index (χ4v) is 2.22. The summed E-state index contributed by atoms with van der Waals surface area (Å²) in [5.74, 6) is -0.473. The Morgan fingerprint density at radius 1 is 1.45 bits per heavy atom. The number of nitrogens with one attached hydrogen (secondary N) is 1. The first-order valence-corrected chi connectivity index (χ1v) is 6.91. The molecule has 1 aromatic rings. The van der Waals surface area contributed by atoms with Gasteiger partial charge in [0.15, 0.2) is 0 Å². The number of hydrogen-bond acceptors (Lipinski definition) is 3. The lowest BCUT2D eigenvalue weighted by molar-refractivity contribution is -0.128. The quantitative estimate of drug-likeness (QED) is 0.854. The maximum Gasteiger partial charge on any atom is 0.249 e. The van der Waals surface area contributed by atoms with Crippen LogP contribution >= 0.6 is 0 Å². The predicted molar refractivity (Wildman–Crippen MR) is 78.3 cm³/mol. The first-order valence-electron chi connectivity index (χ1n) is 6.91. The van der Waals surface area contributed by atoms with Crippen LogP contribution < -0.4 is 16.0 Å². The highest BCUT2D eigenvalue weighted by Gasteiger charge is 2.34. The fourth-order valence-electron chi connectivity index (χ4n) is 2.22. The second-order valence-corrected chi connectivity index (χ2v) is 5.31. The van der Waals surface area contributed by atoms with Gasteiger partial charge in [-0.05, 0) is 25.5 Å². The van der Waals surface area contributed by atoms with Crippen LogP contribution in [0, 0.1) is 12.8 Å². The van der Waals surface area contributed by atoms with Crippen LogP contribution in [0.3, 0.4) is 0 Å². The molecule has 1 aliphatic rings. The monoisotopic (exact) mass is 275 g/mol. The second kappa shape index (κ2) is 6.05. The Morgan fingerprint density at radius 3 is 2.70 bits per heavy atom. The van der Waals surface area contributed by atoms with Gasteiger partial charge in [0.2, 0.25) is 11.8 Å². The Hall–Kier alpha value is -1.88. The van der Waals surface area contributed by atoms with Crippen molar-refractivity contribution < 1.29 is 9.59 Å². The smallest absolute Gasteiger partial charge is 0.249 e. The molecule has 20 heavy (non-hydrogen) atoms. The van der Waals surface area contributed by atoms with Crippen LogP contribution in [-0.2, 0) is 9.59 Å². The largest absolute Gasteiger partial charge is 0.344 e. The molecule has 2 amide bonds. The van der Waals surface area contributed by atoms with Crippen LogP contribution in [0.4, 0.5) is 5.69 Å². The number of carbonyl (C=O) groups excluding carboxylic acids is 2. The molecule has 1 aliphatic heterocycles. The van der Waals surface area contributed by atoms with Gasteiger partial charge in [-0.2, -0.15) is 0 Å². The van der Waals surface area contributed by atoms with E-state index in [0.717, 1.165) is 11.3 Å². The van der Waals surface area contributed by atoms with E-state index in [9.17, 15) is 9.59 Å². The molecule has 108 valence electrons. The molecule has 5 nitrogen and oxygen atoms in total. The zero-order valence-corrected chi connectivity index (χ0v) is 11.9. The van der Waals surface area contributed by atoms with Crippen LogP contribution in [0.1, 0.15) is 18.9 Å². The molecule has 2 atom stereocenters. The summed E-state index contributed by atoms with van der Waals surface area (Å²) in [6.45, 7) is 4.68. The number of hydrogen-bond donors (Lipinski definition) is 2. The van der Waals surface area contributed by atoms with Gasteiger partial charge in [-0.25, -0.2) is 0 Å². The first kappa shape index (κ1) is 14.5. The molecule has 0 aliphatic carbocycles. The van der Waals surface area contributed by atoms with Gasteiger partial charge in [-0.15, -0.1) is 0 Å². The number of benzene rings is 1. The summed E-state index contributed by atoms with van der Waals surface area (Å²) in [5.41, 5.74) is 7.49. The number of amides is 2. The third-order valence-electron chi connectivity index (χ3n) is 3.67. The fraction of sp³-hybridized carbons (Fsp3) is 0.467. The average Bonchev–Trinajstić information content (AvgIpc) is 2.80. The standard InChI is InChI=1S/C15H21N3O2/c1-10-3-5-12(6-4-10)18-8-7-13(15(18)20)17-14(19)11(2)9-16/h3-6,11,13H,7-9,16H2,1-2H3,(H,17,19). The van der Waals surface area contributed by atoms with Gasteiger partial charge in [0.25, 0.3) is 0 Å². The van der Waals surface area contributed by atoms with Gasteiger partial charge in [0.05, 0.1) is 0 Å². The Bertz CT molecular complexity index is 498. The van der Waals surface area contributed by atoms with E-state index in [1.807, 2.05) is 31.2 Å². The van der Waals surface area contributed by atoms with Crippen LogP contribution in [0.25, 0.3) is 0 Å². The maximum absolute atomic E-state index is 12.3. The normalized spacial score (nSPS) is 20.1. The molecule has 1 aromatic carbocycles. The van der Waals surface area contributed by atoms with E-state index < -0.39 is 6.04 Å². The Balaban J connectivity index is 2.02. The number of anilines is 1. The molecular weight excluding hydrogens is 254 g/mol. The van der Waals surface area contributed by atoms with Crippen molar-refractivity contribution >= 4 is 17.5 Å². The lowest BCUT2D eigenvalue weighted by Crippen LogP contribution is -2.44. The summed E-state index contributed by atoms with van der Waals surface area (Å²) in [7, 11) is 0. The van der Waals surface area contributed by atoms with Crippen molar-refractivity contribution in [1.29, 1.82) is 0 Å². The second-order valence-electron chi connectivity index (χ2n) is 5.31. The molecule has 0 saturated carbocycles. The van der Waals surface area contributed by atoms with Gasteiger partial charge >= 0.3 is 0 Å². The van der Waals surface area contributed by atoms with Gasteiger partial charge in [-0.1, -0.05) is 24.6 Å². The van der Waals surface area contributed by atoms with Crippen LogP contribution in [0.2, 0.25) is 0 Å². The summed E-state index contributed by atoms with van der Waals surface area (Å²) in [6.07, 6.45) is 0.635. The lowest BCUT2D eigenvalue weighted by atomic mass is 10.1. The molecule has 0 radical (unpaired) electrons. The molecular formula is C15H21N3O2. The van der Waals surface area contributed by atoms with Gasteiger partial charge in [0, 0.05) is 24.7 Å². The van der Waals surface area contributed by atoms with Crippen molar-refractivity contribution in [2.24, 2.45) is 11.7 Å². The number of nitrogens with zero attached hydrogens (tertiary/aromatic N) is 1. The predicted octanol–water partition coefficient (Wildman–Crippen LogP) is 0.811. The third kappa shape index (κ3) is 2.99. The molecule has 2 unspecified atom stereocenters. The molecule has 3 N–H and O–H groups in total. The summed E-state index contributed by atoms with van der Waals surface area (Å²) in [6, 6.07) is 7.38. The first-order chi connectivity index (χ1) is 9.52. The number of nitrogens with two attached hydrogens (primary N) is 1. The summed E-state index contributed by atoms with van der Waals surface area (Å²) >= 11 is 0. The van der Waals surface area contributed by atoms with E-state index >= 15 is 0 Å². The minimum atomic E-state index is -0.433. The highest BCUT2D eigenvalue weighted by molar-refractivity contribution is 6.01. The number of rotatable bonds is 4. The Labute approximate surface area is 119 Å². The molecule has 2 rings (SSSR count). The van der Waals surface area contributed by atoms with E-state index in [1.165, 1.54) is 0 Å². The highest BCUT2D eigenvalue weighted by atomic mass is 16.2. The van der Waals surface area contributed by atoms with E-state index in [0.29, 0.717) is 13.0 Å². The molecule has 1 fully saturated rings. The molecule has 1 heterocycles. The average molecular weight is 275 g/mol. The van der Waals surface area contributed by atoms with Crippen LogP contribution in [0.5, 0.6) is 0 Å². The molecule has 0 aromatic heterocycles. The summed E-state index contributed by atoms with van der Waals surface area (Å²) in [4.78, 5) is 25.8. The zero-order valence-electron chi connectivity index (χ0n) is 11.9. The SMILES string of the molecule is Cc1ccc(N2CCC(NC(=O)C(C)CN)C2=O)cc1. The third-order valence-corrected chi connectivity index (χ3v) is 3.67. The molecule has 0 bridgehead atoms. The molecule has 0 spiro atoms. The number of aryl methyl sites for hydroxylation is 1. The minimum absolute atomic E-state index is 0.0496. The van der Waals surface area contributed by atoms with Crippen molar-refractivity contribution in [2.45, 2.75) is 26.3 Å². The van der Waals surface area contributed by atoms with Gasteiger partial charge < -0.3 is 16.0 Å². The maximum atomic E-state index is 12.3. The van der Waals surface area contributed by atoms with E-state index in [4.69, 9.17) is 5.73 Å². The highest BCUT2D eigenvalue weighted by Crippen LogP contribution is 2.22. The van der Waals surface area contributed by atoms with Gasteiger partial charge in [-0.3, -0.25) is 9.59 Å². The van der Waals surface area contributed by atoms with Gasteiger partial charge in [0.1, 0.15) is 6.04 Å². The van der Waals surface area contributed by atoms with Crippen LogP contribution in [0.15, 0.2) is 24.3 Å². The van der Waals surface area contributed by atoms with E-state index in [-0.39, 0.29) is 24.3 Å².